The maximum absolute atomic E-state index is 12.5. The van der Waals surface area contributed by atoms with Crippen molar-refractivity contribution >= 4 is 29.3 Å². The van der Waals surface area contributed by atoms with Crippen molar-refractivity contribution in [1.82, 2.24) is 25.5 Å². The van der Waals surface area contributed by atoms with Gasteiger partial charge in [-0.15, -0.1) is 11.3 Å². The first-order valence-corrected chi connectivity index (χ1v) is 8.78. The zero-order chi connectivity index (χ0) is 20.7. The fraction of sp³-hybridized carbons (Fsp3) is 0.125. The van der Waals surface area contributed by atoms with Crippen LogP contribution < -0.4 is 11.3 Å². The summed E-state index contributed by atoms with van der Waals surface area (Å²) in [6.45, 7) is 0. The summed E-state index contributed by atoms with van der Waals surface area (Å²) in [4.78, 5) is 20.7. The molecule has 150 valence electrons. The van der Waals surface area contributed by atoms with Crippen LogP contribution in [-0.2, 0) is 12.6 Å². The summed E-state index contributed by atoms with van der Waals surface area (Å²) in [5.74, 6) is 4.38. The number of halogens is 3. The van der Waals surface area contributed by atoms with Gasteiger partial charge in [0.2, 0.25) is 11.8 Å². The van der Waals surface area contributed by atoms with Gasteiger partial charge in [-0.25, -0.2) is 15.8 Å². The van der Waals surface area contributed by atoms with Crippen LogP contribution in [0.5, 0.6) is 0 Å². The van der Waals surface area contributed by atoms with E-state index in [2.05, 4.69) is 40.0 Å². The number of hydrogen-bond acceptors (Lipinski definition) is 8. The highest BCUT2D eigenvalue weighted by atomic mass is 32.1. The van der Waals surface area contributed by atoms with Crippen molar-refractivity contribution in [1.29, 1.82) is 0 Å². The fourth-order valence-corrected chi connectivity index (χ4v) is 2.87. The number of hydrazine groups is 1. The summed E-state index contributed by atoms with van der Waals surface area (Å²) in [7, 11) is 0. The molecule has 0 aliphatic carbocycles. The molecule has 3 aromatic rings. The number of rotatable bonds is 5. The molecule has 0 aromatic carbocycles. The average Bonchev–Trinajstić information content (AvgIpc) is 3.37. The van der Waals surface area contributed by atoms with Crippen molar-refractivity contribution in [3.63, 3.8) is 0 Å². The molecule has 0 unspecified atom stereocenters. The van der Waals surface area contributed by atoms with Gasteiger partial charge in [0.25, 0.3) is 0 Å². The Hall–Kier alpha value is -3.45. The fourth-order valence-electron chi connectivity index (χ4n) is 1.96. The number of nitrogens with zero attached hydrogens (tertiary/aromatic N) is 6. The van der Waals surface area contributed by atoms with Crippen LogP contribution in [0.3, 0.4) is 0 Å². The van der Waals surface area contributed by atoms with Gasteiger partial charge in [-0.1, -0.05) is 11.2 Å². The molecule has 0 radical (unpaired) electrons. The Labute approximate surface area is 165 Å². The molecule has 0 atom stereocenters. The molecule has 0 aliphatic heterocycles. The number of hydrogen-bond donors (Lipinski definition) is 2. The predicted octanol–water partition coefficient (Wildman–Crippen LogP) is 2.93. The molecule has 13 heteroatoms. The highest BCUT2D eigenvalue weighted by Gasteiger charge is 2.38. The molecule has 3 heterocycles. The zero-order valence-corrected chi connectivity index (χ0v) is 15.4. The third-order valence-corrected chi connectivity index (χ3v) is 4.29. The first-order valence-electron chi connectivity index (χ1n) is 7.96. The van der Waals surface area contributed by atoms with Crippen molar-refractivity contribution in [2.45, 2.75) is 12.6 Å². The Kier molecular flexibility index (Phi) is 6.41. The van der Waals surface area contributed by atoms with E-state index in [-0.39, 0.29) is 11.8 Å². The molecule has 0 fully saturated rings. The van der Waals surface area contributed by atoms with E-state index >= 15 is 0 Å². The molecule has 29 heavy (non-hydrogen) atoms. The molecule has 0 aliphatic rings. The maximum atomic E-state index is 12.5. The van der Waals surface area contributed by atoms with E-state index in [1.54, 1.807) is 18.2 Å². The summed E-state index contributed by atoms with van der Waals surface area (Å²) in [6.07, 6.45) is 5.31. The van der Waals surface area contributed by atoms with E-state index in [9.17, 15) is 13.2 Å². The van der Waals surface area contributed by atoms with Gasteiger partial charge in [0.05, 0.1) is 11.1 Å². The van der Waals surface area contributed by atoms with E-state index in [1.807, 2.05) is 6.08 Å². The topological polar surface area (TPSA) is 127 Å². The quantitative estimate of drug-likeness (QED) is 0.280. The Morgan fingerprint density at radius 3 is 2.86 bits per heavy atom. The van der Waals surface area contributed by atoms with Crippen molar-refractivity contribution < 1.29 is 17.7 Å². The Bertz CT molecular complexity index is 1030. The van der Waals surface area contributed by atoms with Crippen LogP contribution in [0.15, 0.2) is 57.4 Å². The standard InChI is InChI=1S/C16H13F3N8OS/c17-16(18,19)14-25-13(27-28-14)11-5-4-10(29-11)3-1-2-6-23-15(26-20)24-12-9-21-7-8-22-12/h1-2,4-9H,3,20H2,(H,22,24,26)/b2-1+,23-6?. The largest absolute Gasteiger partial charge is 0.471 e. The minimum absolute atomic E-state index is 0.0991. The second kappa shape index (κ2) is 9.16. The molecule has 0 amide bonds. The van der Waals surface area contributed by atoms with Crippen LogP contribution in [0, 0.1) is 0 Å². The summed E-state index contributed by atoms with van der Waals surface area (Å²) in [6, 6.07) is 3.41. The Morgan fingerprint density at radius 1 is 1.31 bits per heavy atom. The van der Waals surface area contributed by atoms with Gasteiger partial charge in [-0.3, -0.25) is 10.4 Å². The lowest BCUT2D eigenvalue weighted by atomic mass is 10.3. The van der Waals surface area contributed by atoms with Gasteiger partial charge in [-0.05, 0) is 18.2 Å². The monoisotopic (exact) mass is 422 g/mol. The van der Waals surface area contributed by atoms with Crippen molar-refractivity contribution in [3.05, 3.63) is 53.6 Å². The van der Waals surface area contributed by atoms with Crippen LogP contribution >= 0.6 is 11.3 Å². The summed E-state index contributed by atoms with van der Waals surface area (Å²) >= 11 is 1.26. The summed E-state index contributed by atoms with van der Waals surface area (Å²) < 4.78 is 41.8. The molecular formula is C16H13F3N8OS. The van der Waals surface area contributed by atoms with E-state index < -0.39 is 12.1 Å². The highest BCUT2D eigenvalue weighted by Crippen LogP contribution is 2.31. The van der Waals surface area contributed by atoms with E-state index in [0.717, 1.165) is 4.88 Å². The molecule has 0 saturated heterocycles. The molecule has 0 saturated carbocycles. The van der Waals surface area contributed by atoms with Crippen molar-refractivity contribution in [3.8, 4) is 10.7 Å². The first-order chi connectivity index (χ1) is 14.0. The van der Waals surface area contributed by atoms with Gasteiger partial charge in [0.15, 0.2) is 5.82 Å². The molecule has 3 aromatic heterocycles. The average molecular weight is 422 g/mol. The number of allylic oxidation sites excluding steroid dienone is 2. The van der Waals surface area contributed by atoms with Crippen molar-refractivity contribution in [2.24, 2.45) is 15.8 Å². The number of nitrogens with two attached hydrogens (primary N) is 1. The molecule has 0 bridgehead atoms. The van der Waals surface area contributed by atoms with Gasteiger partial charge in [0.1, 0.15) is 0 Å². The predicted molar refractivity (Wildman–Crippen MR) is 100 cm³/mol. The minimum Gasteiger partial charge on any atom is -0.329 e. The number of thiophene rings is 1. The van der Waals surface area contributed by atoms with Crippen LogP contribution in [0.2, 0.25) is 0 Å². The molecular weight excluding hydrogens is 409 g/mol. The van der Waals surface area contributed by atoms with Gasteiger partial charge in [0, 0.05) is 29.9 Å². The SMILES string of the molecule is NNC(N=C/C=C/Cc1ccc(-c2noc(C(F)(F)F)n2)s1)=Nc1cnccn1. The van der Waals surface area contributed by atoms with Crippen LogP contribution in [-0.4, -0.2) is 32.3 Å². The van der Waals surface area contributed by atoms with Gasteiger partial charge >= 0.3 is 12.1 Å². The number of nitrogens with one attached hydrogen (secondary N) is 1. The van der Waals surface area contributed by atoms with Gasteiger partial charge in [-0.2, -0.15) is 23.1 Å². The van der Waals surface area contributed by atoms with E-state index in [4.69, 9.17) is 5.84 Å². The minimum atomic E-state index is -4.67. The zero-order valence-electron chi connectivity index (χ0n) is 14.5. The van der Waals surface area contributed by atoms with Crippen LogP contribution in [0.25, 0.3) is 10.7 Å². The Balaban J connectivity index is 1.58. The highest BCUT2D eigenvalue weighted by molar-refractivity contribution is 7.15. The van der Waals surface area contributed by atoms with E-state index in [0.29, 0.717) is 17.1 Å². The van der Waals surface area contributed by atoms with Crippen molar-refractivity contribution in [2.75, 3.05) is 0 Å². The molecule has 3 rings (SSSR count). The lowest BCUT2D eigenvalue weighted by Crippen LogP contribution is -2.28. The normalized spacial score (nSPS) is 12.9. The smallest absolute Gasteiger partial charge is 0.329 e. The number of aliphatic imine (C=N–C) groups is 2. The number of alkyl halides is 3. The molecule has 9 nitrogen and oxygen atoms in total. The lowest BCUT2D eigenvalue weighted by Gasteiger charge is -1.97. The second-order valence-corrected chi connectivity index (χ2v) is 6.41. The second-order valence-electron chi connectivity index (χ2n) is 5.24. The lowest BCUT2D eigenvalue weighted by molar-refractivity contribution is -0.159. The Morgan fingerprint density at radius 2 is 2.17 bits per heavy atom. The molecule has 3 N–H and O–H groups in total. The number of guanidine groups is 1. The van der Waals surface area contributed by atoms with Crippen LogP contribution in [0.1, 0.15) is 10.8 Å². The maximum Gasteiger partial charge on any atom is 0.471 e. The van der Waals surface area contributed by atoms with Gasteiger partial charge < -0.3 is 4.52 Å². The summed E-state index contributed by atoms with van der Waals surface area (Å²) in [5, 5.41) is 3.36. The third kappa shape index (κ3) is 5.76. The van der Waals surface area contributed by atoms with E-state index in [1.165, 1.54) is 36.1 Å². The third-order valence-electron chi connectivity index (χ3n) is 3.19. The first kappa shape index (κ1) is 20.3. The number of aromatic nitrogens is 4. The summed E-state index contributed by atoms with van der Waals surface area (Å²) in [5.41, 5.74) is 2.34. The molecule has 0 spiro atoms. The van der Waals surface area contributed by atoms with Crippen LogP contribution in [0.4, 0.5) is 19.0 Å².